The molecule has 9 heteroatoms. The number of rotatable bonds is 8. The molecular formula is C22H20Cl2FNO4S. The van der Waals surface area contributed by atoms with E-state index < -0.39 is 15.9 Å². The molecule has 0 aliphatic rings. The molecule has 0 fully saturated rings. The molecule has 0 saturated heterocycles. The van der Waals surface area contributed by atoms with Gasteiger partial charge >= 0.3 is 0 Å². The van der Waals surface area contributed by atoms with Crippen LogP contribution in [0.1, 0.15) is 28.3 Å². The first-order chi connectivity index (χ1) is 14.7. The van der Waals surface area contributed by atoms with E-state index in [2.05, 4.69) is 5.32 Å². The first-order valence-electron chi connectivity index (χ1n) is 9.40. The van der Waals surface area contributed by atoms with Gasteiger partial charge in [-0.25, -0.2) is 4.39 Å². The molecule has 3 rings (SSSR count). The quantitative estimate of drug-likeness (QED) is 0.448. The molecule has 31 heavy (non-hydrogen) atoms. The number of benzene rings is 3. The molecule has 0 saturated carbocycles. The minimum absolute atomic E-state index is 0.0565. The summed E-state index contributed by atoms with van der Waals surface area (Å²) in [5, 5.41) is 4.45. The smallest absolute Gasteiger partial charge is 0.264 e. The highest BCUT2D eigenvalue weighted by Crippen LogP contribution is 2.28. The molecule has 0 radical (unpaired) electrons. The highest BCUT2D eigenvalue weighted by molar-refractivity contribution is 7.85. The Hall–Kier alpha value is -2.19. The van der Waals surface area contributed by atoms with Crippen LogP contribution in [0.5, 0.6) is 0 Å². The number of fused-ring (bicyclic) bond motifs is 1. The summed E-state index contributed by atoms with van der Waals surface area (Å²) in [6, 6.07) is 14.5. The molecule has 1 atom stereocenters. The molecule has 164 valence electrons. The SMILES string of the molecule is CS(=O)(=O)OCCC(CNC(=O)c1ccc(F)c2ccccc12)c1ccc(Cl)c(Cl)c1. The summed E-state index contributed by atoms with van der Waals surface area (Å²) in [7, 11) is -3.59. The van der Waals surface area contributed by atoms with E-state index in [0.29, 0.717) is 32.8 Å². The number of hydrogen-bond acceptors (Lipinski definition) is 4. The van der Waals surface area contributed by atoms with E-state index >= 15 is 0 Å². The van der Waals surface area contributed by atoms with Gasteiger partial charge in [-0.3, -0.25) is 8.98 Å². The van der Waals surface area contributed by atoms with Gasteiger partial charge < -0.3 is 5.32 Å². The average molecular weight is 484 g/mol. The molecule has 1 unspecified atom stereocenters. The largest absolute Gasteiger partial charge is 0.351 e. The summed E-state index contributed by atoms with van der Waals surface area (Å²) in [4.78, 5) is 12.9. The molecule has 0 bridgehead atoms. The fraction of sp³-hybridized carbons (Fsp3) is 0.227. The molecule has 0 heterocycles. The predicted octanol–water partition coefficient (Wildman–Crippen LogP) is 5.17. The highest BCUT2D eigenvalue weighted by atomic mass is 35.5. The lowest BCUT2D eigenvalue weighted by Crippen LogP contribution is -2.29. The number of carbonyl (C=O) groups excluding carboxylic acids is 1. The van der Waals surface area contributed by atoms with Gasteiger partial charge in [-0.2, -0.15) is 8.42 Å². The van der Waals surface area contributed by atoms with Gasteiger partial charge in [-0.15, -0.1) is 0 Å². The number of amides is 1. The van der Waals surface area contributed by atoms with Gasteiger partial charge in [0.05, 0.1) is 22.9 Å². The van der Waals surface area contributed by atoms with Crippen LogP contribution < -0.4 is 5.32 Å². The van der Waals surface area contributed by atoms with Crippen LogP contribution in [0.4, 0.5) is 4.39 Å². The summed E-state index contributed by atoms with van der Waals surface area (Å²) in [5.74, 6) is -1.06. The predicted molar refractivity (Wildman–Crippen MR) is 121 cm³/mol. The first-order valence-corrected chi connectivity index (χ1v) is 12.0. The van der Waals surface area contributed by atoms with Gasteiger partial charge in [0, 0.05) is 23.4 Å². The van der Waals surface area contributed by atoms with Crippen LogP contribution >= 0.6 is 23.2 Å². The standard InChI is InChI=1S/C22H20Cl2FNO4S/c1-31(28,29)30-11-10-15(14-6-8-19(23)20(24)12-14)13-26-22(27)18-7-9-21(25)17-5-3-2-4-16(17)18/h2-9,12,15H,10-11,13H2,1H3,(H,26,27). The van der Waals surface area contributed by atoms with Crippen LogP contribution in [0, 0.1) is 5.82 Å². The summed E-state index contributed by atoms with van der Waals surface area (Å²) < 4.78 is 41.5. The van der Waals surface area contributed by atoms with E-state index in [-0.39, 0.29) is 25.0 Å². The fourth-order valence-corrected chi connectivity index (χ4v) is 3.97. The van der Waals surface area contributed by atoms with E-state index in [9.17, 15) is 17.6 Å². The number of halogens is 3. The lowest BCUT2D eigenvalue weighted by molar-refractivity contribution is 0.0951. The molecule has 1 N–H and O–H groups in total. The third-order valence-electron chi connectivity index (χ3n) is 4.80. The van der Waals surface area contributed by atoms with Crippen molar-refractivity contribution in [3.05, 3.63) is 81.6 Å². The number of hydrogen-bond donors (Lipinski definition) is 1. The van der Waals surface area contributed by atoms with Crippen molar-refractivity contribution in [3.8, 4) is 0 Å². The van der Waals surface area contributed by atoms with Crippen molar-refractivity contribution in [2.45, 2.75) is 12.3 Å². The van der Waals surface area contributed by atoms with Crippen LogP contribution in [0.15, 0.2) is 54.6 Å². The van der Waals surface area contributed by atoms with Crippen LogP contribution in [-0.2, 0) is 14.3 Å². The van der Waals surface area contributed by atoms with Crippen molar-refractivity contribution < 1.29 is 21.8 Å². The van der Waals surface area contributed by atoms with E-state index in [4.69, 9.17) is 27.4 Å². The van der Waals surface area contributed by atoms with Gasteiger partial charge in [0.25, 0.3) is 16.0 Å². The normalized spacial score (nSPS) is 12.6. The second-order valence-corrected chi connectivity index (χ2v) is 9.49. The third kappa shape index (κ3) is 6.17. The Balaban J connectivity index is 1.80. The summed E-state index contributed by atoms with van der Waals surface area (Å²) in [6.07, 6.45) is 1.29. The number of carbonyl (C=O) groups is 1. The second-order valence-electron chi connectivity index (χ2n) is 7.04. The first kappa shape index (κ1) is 23.5. The summed E-state index contributed by atoms with van der Waals surface area (Å²) in [5.41, 5.74) is 1.12. The molecule has 0 spiro atoms. The van der Waals surface area contributed by atoms with Crippen molar-refractivity contribution in [3.63, 3.8) is 0 Å². The number of nitrogens with one attached hydrogen (secondary N) is 1. The van der Waals surface area contributed by atoms with E-state index in [1.165, 1.54) is 12.1 Å². The molecular weight excluding hydrogens is 464 g/mol. The Morgan fingerprint density at radius 1 is 1.06 bits per heavy atom. The van der Waals surface area contributed by atoms with Crippen molar-refractivity contribution >= 4 is 50.0 Å². The molecule has 3 aromatic rings. The van der Waals surface area contributed by atoms with Crippen molar-refractivity contribution in [1.82, 2.24) is 5.32 Å². The molecule has 1 amide bonds. The summed E-state index contributed by atoms with van der Waals surface area (Å²) >= 11 is 12.1. The molecule has 0 aliphatic carbocycles. The van der Waals surface area contributed by atoms with E-state index in [1.807, 2.05) is 0 Å². The van der Waals surface area contributed by atoms with Crippen LogP contribution in [0.3, 0.4) is 0 Å². The van der Waals surface area contributed by atoms with Gasteiger partial charge in [0.2, 0.25) is 0 Å². The Morgan fingerprint density at radius 3 is 2.45 bits per heavy atom. The van der Waals surface area contributed by atoms with Crippen LogP contribution in [-0.4, -0.2) is 33.7 Å². The zero-order valence-electron chi connectivity index (χ0n) is 16.6. The lowest BCUT2D eigenvalue weighted by Gasteiger charge is -2.19. The second kappa shape index (κ2) is 9.96. The molecule has 5 nitrogen and oxygen atoms in total. The maximum Gasteiger partial charge on any atom is 0.264 e. The zero-order chi connectivity index (χ0) is 22.6. The topological polar surface area (TPSA) is 72.5 Å². The third-order valence-corrected chi connectivity index (χ3v) is 6.14. The Labute approximate surface area is 190 Å². The van der Waals surface area contributed by atoms with Crippen molar-refractivity contribution in [2.75, 3.05) is 19.4 Å². The minimum atomic E-state index is -3.59. The van der Waals surface area contributed by atoms with Gasteiger partial charge in [-0.1, -0.05) is 53.5 Å². The van der Waals surface area contributed by atoms with Crippen molar-refractivity contribution in [1.29, 1.82) is 0 Å². The summed E-state index contributed by atoms with van der Waals surface area (Å²) in [6.45, 7) is 0.134. The van der Waals surface area contributed by atoms with Crippen molar-refractivity contribution in [2.24, 2.45) is 0 Å². The fourth-order valence-electron chi connectivity index (χ4n) is 3.27. The van der Waals surface area contributed by atoms with Gasteiger partial charge in [-0.05, 0) is 41.6 Å². The Kier molecular flexibility index (Phi) is 7.54. The maximum absolute atomic E-state index is 14.1. The zero-order valence-corrected chi connectivity index (χ0v) is 18.9. The Morgan fingerprint density at radius 2 is 1.77 bits per heavy atom. The van der Waals surface area contributed by atoms with E-state index in [0.717, 1.165) is 11.8 Å². The van der Waals surface area contributed by atoms with Crippen LogP contribution in [0.2, 0.25) is 10.0 Å². The molecule has 0 aliphatic heterocycles. The highest BCUT2D eigenvalue weighted by Gasteiger charge is 2.18. The average Bonchev–Trinajstić information content (AvgIpc) is 2.72. The molecule has 0 aromatic heterocycles. The minimum Gasteiger partial charge on any atom is -0.351 e. The maximum atomic E-state index is 14.1. The Bertz CT molecular complexity index is 1220. The molecule has 3 aromatic carbocycles. The monoisotopic (exact) mass is 483 g/mol. The van der Waals surface area contributed by atoms with Gasteiger partial charge in [0.1, 0.15) is 5.82 Å². The lowest BCUT2D eigenvalue weighted by atomic mass is 9.95. The van der Waals surface area contributed by atoms with Crippen LogP contribution in [0.25, 0.3) is 10.8 Å². The van der Waals surface area contributed by atoms with Gasteiger partial charge in [0.15, 0.2) is 0 Å². The van der Waals surface area contributed by atoms with E-state index in [1.54, 1.807) is 42.5 Å².